The molecule has 0 atom stereocenters. The lowest BCUT2D eigenvalue weighted by atomic mass is 10.2. The number of nitrogens with one attached hydrogen (secondary N) is 1. The third-order valence-electron chi connectivity index (χ3n) is 2.12. The van der Waals surface area contributed by atoms with Crippen LogP contribution in [0.3, 0.4) is 0 Å². The lowest BCUT2D eigenvalue weighted by molar-refractivity contribution is 0.908. The molecule has 3 N–H and O–H groups in total. The zero-order chi connectivity index (χ0) is 8.72. The molecule has 12 heavy (non-hydrogen) atoms. The quantitative estimate of drug-likeness (QED) is 0.584. The van der Waals surface area contributed by atoms with E-state index in [2.05, 4.69) is 10.3 Å². The highest BCUT2D eigenvalue weighted by atomic mass is 15.2. The van der Waals surface area contributed by atoms with Gasteiger partial charge in [0.15, 0.2) is 0 Å². The van der Waals surface area contributed by atoms with Gasteiger partial charge in [0.05, 0.1) is 5.56 Å². The van der Waals surface area contributed by atoms with E-state index in [0.29, 0.717) is 12.5 Å². The van der Waals surface area contributed by atoms with Crippen molar-refractivity contribution in [1.29, 1.82) is 0 Å². The Morgan fingerprint density at radius 1 is 1.67 bits per heavy atom. The molecule has 1 aliphatic rings. The van der Waals surface area contributed by atoms with Gasteiger partial charge in [0.25, 0.3) is 0 Å². The number of aryl methyl sites for hydroxylation is 2. The fraction of sp³-hybridized carbons (Fsp3) is 0.375. The van der Waals surface area contributed by atoms with E-state index in [1.807, 2.05) is 24.7 Å². The Kier molecular flexibility index (Phi) is 1.36. The van der Waals surface area contributed by atoms with Crippen LogP contribution in [-0.2, 0) is 7.05 Å². The molecule has 0 aromatic carbocycles. The Bertz CT molecular complexity index is 348. The summed E-state index contributed by atoms with van der Waals surface area (Å²) in [6, 6.07) is 0. The van der Waals surface area contributed by atoms with E-state index < -0.39 is 0 Å². The van der Waals surface area contributed by atoms with E-state index >= 15 is 0 Å². The van der Waals surface area contributed by atoms with Crippen LogP contribution in [0.1, 0.15) is 11.1 Å². The summed E-state index contributed by atoms with van der Waals surface area (Å²) in [7, 11) is 2.00. The summed E-state index contributed by atoms with van der Waals surface area (Å²) in [4.78, 5) is 4.12. The Labute approximate surface area is 71.1 Å². The first-order valence-electron chi connectivity index (χ1n) is 3.90. The number of aliphatic imine (C=N–C) groups is 1. The summed E-state index contributed by atoms with van der Waals surface area (Å²) >= 11 is 0. The molecule has 4 heteroatoms. The monoisotopic (exact) mass is 164 g/mol. The third kappa shape index (κ3) is 0.809. The van der Waals surface area contributed by atoms with Crippen molar-refractivity contribution in [3.63, 3.8) is 0 Å². The smallest absolute Gasteiger partial charge is 0.131 e. The molecule has 0 aliphatic carbocycles. The molecule has 1 aliphatic heterocycles. The van der Waals surface area contributed by atoms with Gasteiger partial charge in [0, 0.05) is 13.2 Å². The van der Waals surface area contributed by atoms with Crippen LogP contribution in [0.25, 0.3) is 0 Å². The van der Waals surface area contributed by atoms with Gasteiger partial charge in [-0.15, -0.1) is 0 Å². The number of amidine groups is 1. The summed E-state index contributed by atoms with van der Waals surface area (Å²) in [6.07, 6.45) is 2.05. The van der Waals surface area contributed by atoms with E-state index in [1.54, 1.807) is 0 Å². The van der Waals surface area contributed by atoms with Crippen LogP contribution in [-0.4, -0.2) is 17.1 Å². The van der Waals surface area contributed by atoms with E-state index in [9.17, 15) is 0 Å². The molecule has 0 amide bonds. The van der Waals surface area contributed by atoms with Gasteiger partial charge >= 0.3 is 0 Å². The molecule has 1 aromatic rings. The Morgan fingerprint density at radius 2 is 2.42 bits per heavy atom. The normalized spacial score (nSPS) is 15.0. The zero-order valence-corrected chi connectivity index (χ0v) is 7.26. The number of fused-ring (bicyclic) bond motifs is 1. The average Bonchev–Trinajstić information content (AvgIpc) is 2.29. The molecule has 0 saturated carbocycles. The maximum atomic E-state index is 5.76. The van der Waals surface area contributed by atoms with Crippen molar-refractivity contribution in [2.24, 2.45) is 17.8 Å². The fourth-order valence-electron chi connectivity index (χ4n) is 1.60. The molecule has 0 bridgehead atoms. The first-order valence-corrected chi connectivity index (χ1v) is 3.90. The van der Waals surface area contributed by atoms with Crippen LogP contribution in [0.2, 0.25) is 0 Å². The number of hydrogen-bond donors (Lipinski definition) is 2. The van der Waals surface area contributed by atoms with E-state index in [4.69, 9.17) is 5.73 Å². The molecule has 2 heterocycles. The molecule has 64 valence electrons. The van der Waals surface area contributed by atoms with Crippen molar-refractivity contribution >= 4 is 11.7 Å². The highest BCUT2D eigenvalue weighted by Crippen LogP contribution is 2.22. The van der Waals surface area contributed by atoms with E-state index in [-0.39, 0.29) is 0 Å². The summed E-state index contributed by atoms with van der Waals surface area (Å²) in [5, 5.41) is 3.18. The maximum Gasteiger partial charge on any atom is 0.131 e. The largest absolute Gasteiger partial charge is 0.383 e. The summed E-state index contributed by atoms with van der Waals surface area (Å²) in [5.41, 5.74) is 7.97. The molecule has 4 nitrogen and oxygen atoms in total. The van der Waals surface area contributed by atoms with Gasteiger partial charge < -0.3 is 15.6 Å². The topological polar surface area (TPSA) is 55.3 Å². The van der Waals surface area contributed by atoms with Crippen LogP contribution in [0.15, 0.2) is 11.2 Å². The van der Waals surface area contributed by atoms with Gasteiger partial charge in [-0.25, -0.2) is 4.99 Å². The number of hydrogen-bond acceptors (Lipinski definition) is 3. The lowest BCUT2D eigenvalue weighted by Gasteiger charge is -2.14. The minimum atomic E-state index is 0.579. The Morgan fingerprint density at radius 3 is 3.08 bits per heavy atom. The first kappa shape index (κ1) is 7.21. The molecule has 0 spiro atoms. The van der Waals surface area contributed by atoms with Gasteiger partial charge in [0.2, 0.25) is 0 Å². The van der Waals surface area contributed by atoms with Gasteiger partial charge in [-0.1, -0.05) is 0 Å². The molecule has 0 radical (unpaired) electrons. The highest BCUT2D eigenvalue weighted by molar-refractivity contribution is 6.04. The third-order valence-corrected chi connectivity index (χ3v) is 2.12. The van der Waals surface area contributed by atoms with Crippen molar-refractivity contribution in [2.75, 3.05) is 12.0 Å². The predicted molar refractivity (Wildman–Crippen MR) is 49.4 cm³/mol. The van der Waals surface area contributed by atoms with Crippen molar-refractivity contribution in [3.05, 3.63) is 17.3 Å². The molecular formula is C8H12N4. The number of rotatable bonds is 0. The van der Waals surface area contributed by atoms with Crippen molar-refractivity contribution < 1.29 is 0 Å². The second-order valence-electron chi connectivity index (χ2n) is 3.02. The minimum Gasteiger partial charge on any atom is -0.383 e. The van der Waals surface area contributed by atoms with Crippen LogP contribution < -0.4 is 11.1 Å². The number of anilines is 1. The molecule has 1 aromatic heterocycles. The van der Waals surface area contributed by atoms with Gasteiger partial charge in [0.1, 0.15) is 18.3 Å². The number of nitrogens with zero attached hydrogens (tertiary/aromatic N) is 2. The standard InChI is InChI=1S/C8H12N4/c1-5-3-12(2)8-6(5)7(9)10-4-11-8/h3,11H,4H2,1-2H3,(H2,9,10). The van der Waals surface area contributed by atoms with Gasteiger partial charge in [-0.3, -0.25) is 0 Å². The second-order valence-corrected chi connectivity index (χ2v) is 3.02. The molecular weight excluding hydrogens is 152 g/mol. The molecule has 2 rings (SSSR count). The van der Waals surface area contributed by atoms with Crippen molar-refractivity contribution in [3.8, 4) is 0 Å². The Balaban J connectivity index is 2.66. The van der Waals surface area contributed by atoms with Gasteiger partial charge in [-0.05, 0) is 12.5 Å². The van der Waals surface area contributed by atoms with Crippen LogP contribution in [0, 0.1) is 6.92 Å². The van der Waals surface area contributed by atoms with Gasteiger partial charge in [-0.2, -0.15) is 0 Å². The molecule has 0 unspecified atom stereocenters. The van der Waals surface area contributed by atoms with Crippen LogP contribution in [0.5, 0.6) is 0 Å². The number of nitrogens with two attached hydrogens (primary N) is 1. The van der Waals surface area contributed by atoms with Crippen LogP contribution >= 0.6 is 0 Å². The highest BCUT2D eigenvalue weighted by Gasteiger charge is 2.16. The molecule has 0 saturated heterocycles. The fourth-order valence-corrected chi connectivity index (χ4v) is 1.60. The summed E-state index contributed by atoms with van der Waals surface area (Å²) in [5.74, 6) is 1.71. The Hall–Kier alpha value is -1.45. The summed E-state index contributed by atoms with van der Waals surface area (Å²) in [6.45, 7) is 2.62. The maximum absolute atomic E-state index is 5.76. The zero-order valence-electron chi connectivity index (χ0n) is 7.26. The van der Waals surface area contributed by atoms with Crippen molar-refractivity contribution in [2.45, 2.75) is 6.92 Å². The number of aromatic nitrogens is 1. The lowest BCUT2D eigenvalue weighted by Crippen LogP contribution is -2.23. The summed E-state index contributed by atoms with van der Waals surface area (Å²) < 4.78 is 2.03. The van der Waals surface area contributed by atoms with E-state index in [0.717, 1.165) is 11.4 Å². The predicted octanol–water partition coefficient (Wildman–Crippen LogP) is 0.422. The second kappa shape index (κ2) is 2.27. The van der Waals surface area contributed by atoms with E-state index in [1.165, 1.54) is 5.56 Å². The molecule has 0 fully saturated rings. The average molecular weight is 164 g/mol. The first-order chi connectivity index (χ1) is 5.70. The van der Waals surface area contributed by atoms with Crippen molar-refractivity contribution in [1.82, 2.24) is 4.57 Å². The minimum absolute atomic E-state index is 0.579. The SMILES string of the molecule is Cc1cn(C)c2c1C(N)=NCN2. The van der Waals surface area contributed by atoms with Crippen LogP contribution in [0.4, 0.5) is 5.82 Å².